The lowest BCUT2D eigenvalue weighted by Crippen LogP contribution is -2.52. The van der Waals surface area contributed by atoms with Crippen LogP contribution in [0, 0.1) is 5.82 Å². The molecular weight excluding hydrogens is 463 g/mol. The topological polar surface area (TPSA) is 90.0 Å². The van der Waals surface area contributed by atoms with E-state index < -0.39 is 17.8 Å². The summed E-state index contributed by atoms with van der Waals surface area (Å²) in [5.41, 5.74) is 3.31. The number of anilines is 1. The number of fused-ring (bicyclic) bond motifs is 1. The standard InChI is InChI=1S/C27H29FN4O4/c1-30(2)22-6-4-3-5-18(22)26(35)31-11-9-16(10-12-31)19-13-17(28)14-20-21(19)15-32(27(20)36)23-7-8-24(33)29-25(23)34/h3-6,13-14,16,23H,7-12,15H2,1-2H3,(H,29,33,34). The number of para-hydroxylation sites is 1. The predicted molar refractivity (Wildman–Crippen MR) is 131 cm³/mol. The Balaban J connectivity index is 1.34. The summed E-state index contributed by atoms with van der Waals surface area (Å²) in [4.78, 5) is 55.5. The van der Waals surface area contributed by atoms with E-state index in [2.05, 4.69) is 5.32 Å². The maximum absolute atomic E-state index is 14.6. The van der Waals surface area contributed by atoms with Gasteiger partial charge in [0.2, 0.25) is 11.8 Å². The molecular formula is C27H29FN4O4. The Morgan fingerprint density at radius 3 is 2.47 bits per heavy atom. The second kappa shape index (κ2) is 9.37. The second-order valence-corrected chi connectivity index (χ2v) is 9.90. The number of carbonyl (C=O) groups is 4. The number of halogens is 1. The quantitative estimate of drug-likeness (QED) is 0.663. The molecule has 2 saturated heterocycles. The first kappa shape index (κ1) is 24.0. The first-order valence-electron chi connectivity index (χ1n) is 12.3. The molecule has 188 valence electrons. The zero-order valence-corrected chi connectivity index (χ0v) is 20.4. The van der Waals surface area contributed by atoms with Gasteiger partial charge in [-0.15, -0.1) is 0 Å². The van der Waals surface area contributed by atoms with Crippen molar-refractivity contribution < 1.29 is 23.6 Å². The highest BCUT2D eigenvalue weighted by Crippen LogP contribution is 2.38. The lowest BCUT2D eigenvalue weighted by Gasteiger charge is -2.34. The lowest BCUT2D eigenvalue weighted by molar-refractivity contribution is -0.136. The Morgan fingerprint density at radius 1 is 1.06 bits per heavy atom. The van der Waals surface area contributed by atoms with Crippen molar-refractivity contribution in [3.05, 3.63) is 64.5 Å². The number of hydrogen-bond acceptors (Lipinski definition) is 5. The zero-order valence-electron chi connectivity index (χ0n) is 20.4. The largest absolute Gasteiger partial charge is 0.377 e. The van der Waals surface area contributed by atoms with Gasteiger partial charge in [0.05, 0.1) is 5.56 Å². The highest BCUT2D eigenvalue weighted by molar-refractivity contribution is 6.05. The molecule has 0 bridgehead atoms. The van der Waals surface area contributed by atoms with Crippen LogP contribution in [0.15, 0.2) is 36.4 Å². The summed E-state index contributed by atoms with van der Waals surface area (Å²) in [6.07, 6.45) is 1.73. The summed E-state index contributed by atoms with van der Waals surface area (Å²) < 4.78 is 14.6. The van der Waals surface area contributed by atoms with Crippen molar-refractivity contribution in [3.8, 4) is 0 Å². The van der Waals surface area contributed by atoms with Gasteiger partial charge in [0.1, 0.15) is 11.9 Å². The number of piperidine rings is 2. The summed E-state index contributed by atoms with van der Waals surface area (Å²) in [6.45, 7) is 1.27. The van der Waals surface area contributed by atoms with Crippen LogP contribution in [0.25, 0.3) is 0 Å². The Bertz CT molecular complexity index is 1250. The highest BCUT2D eigenvalue weighted by atomic mass is 19.1. The molecule has 36 heavy (non-hydrogen) atoms. The van der Waals surface area contributed by atoms with E-state index in [1.165, 1.54) is 17.0 Å². The van der Waals surface area contributed by atoms with Crippen molar-refractivity contribution in [3.63, 3.8) is 0 Å². The fourth-order valence-corrected chi connectivity index (χ4v) is 5.63. The van der Waals surface area contributed by atoms with Crippen molar-refractivity contribution in [1.82, 2.24) is 15.1 Å². The van der Waals surface area contributed by atoms with Crippen LogP contribution in [0.1, 0.15) is 63.4 Å². The van der Waals surface area contributed by atoms with Gasteiger partial charge in [-0.1, -0.05) is 12.1 Å². The average Bonchev–Trinajstić information content (AvgIpc) is 3.19. The molecule has 2 aromatic carbocycles. The SMILES string of the molecule is CN(C)c1ccccc1C(=O)N1CCC(c2cc(F)cc3c2CN(C2CCC(=O)NC2=O)C3=O)CC1. The highest BCUT2D eigenvalue weighted by Gasteiger charge is 2.41. The van der Waals surface area contributed by atoms with Crippen molar-refractivity contribution in [2.75, 3.05) is 32.1 Å². The maximum Gasteiger partial charge on any atom is 0.255 e. The van der Waals surface area contributed by atoms with Gasteiger partial charge < -0.3 is 14.7 Å². The molecule has 1 unspecified atom stereocenters. The summed E-state index contributed by atoms with van der Waals surface area (Å²) >= 11 is 0. The summed E-state index contributed by atoms with van der Waals surface area (Å²) in [5, 5.41) is 2.30. The van der Waals surface area contributed by atoms with E-state index in [4.69, 9.17) is 0 Å². The van der Waals surface area contributed by atoms with E-state index in [1.807, 2.05) is 48.2 Å². The normalized spacial score (nSPS) is 20.4. The minimum Gasteiger partial charge on any atom is -0.377 e. The molecule has 0 aromatic heterocycles. The number of nitrogens with zero attached hydrogens (tertiary/aromatic N) is 3. The number of benzene rings is 2. The van der Waals surface area contributed by atoms with E-state index in [1.54, 1.807) is 0 Å². The van der Waals surface area contributed by atoms with Gasteiger partial charge in [0.15, 0.2) is 0 Å². The molecule has 3 aliphatic heterocycles. The molecule has 4 amide bonds. The second-order valence-electron chi connectivity index (χ2n) is 9.90. The zero-order chi connectivity index (χ0) is 25.6. The van der Waals surface area contributed by atoms with E-state index in [0.29, 0.717) is 31.5 Å². The van der Waals surface area contributed by atoms with Gasteiger partial charge in [-0.05, 0) is 60.6 Å². The molecule has 3 aliphatic rings. The van der Waals surface area contributed by atoms with Gasteiger partial charge in [0.25, 0.3) is 11.8 Å². The number of nitrogens with one attached hydrogen (secondary N) is 1. The number of rotatable bonds is 4. The molecule has 0 saturated carbocycles. The molecule has 2 fully saturated rings. The van der Waals surface area contributed by atoms with E-state index in [-0.39, 0.29) is 48.6 Å². The molecule has 5 rings (SSSR count). The fraction of sp³-hybridized carbons (Fsp3) is 0.407. The van der Waals surface area contributed by atoms with Crippen LogP contribution in [0.5, 0.6) is 0 Å². The average molecular weight is 493 g/mol. The van der Waals surface area contributed by atoms with Crippen molar-refractivity contribution >= 4 is 29.3 Å². The molecule has 1 atom stereocenters. The lowest BCUT2D eigenvalue weighted by atomic mass is 9.85. The molecule has 8 nitrogen and oxygen atoms in total. The number of amides is 4. The molecule has 0 radical (unpaired) electrons. The Hall–Kier alpha value is -3.75. The van der Waals surface area contributed by atoms with Crippen molar-refractivity contribution in [2.45, 2.75) is 44.2 Å². The number of likely N-dealkylation sites (tertiary alicyclic amines) is 1. The summed E-state index contributed by atoms with van der Waals surface area (Å²) in [7, 11) is 3.81. The van der Waals surface area contributed by atoms with Gasteiger partial charge in [-0.2, -0.15) is 0 Å². The minimum absolute atomic E-state index is 0.00268. The van der Waals surface area contributed by atoms with E-state index in [9.17, 15) is 23.6 Å². The van der Waals surface area contributed by atoms with Gasteiger partial charge in [-0.25, -0.2) is 4.39 Å². The van der Waals surface area contributed by atoms with Crippen LogP contribution in [-0.4, -0.2) is 66.7 Å². The van der Waals surface area contributed by atoms with Crippen LogP contribution in [-0.2, 0) is 16.1 Å². The van der Waals surface area contributed by atoms with E-state index in [0.717, 1.165) is 16.8 Å². The van der Waals surface area contributed by atoms with Crippen LogP contribution in [0.4, 0.5) is 10.1 Å². The van der Waals surface area contributed by atoms with Crippen LogP contribution in [0.3, 0.4) is 0 Å². The van der Waals surface area contributed by atoms with Crippen molar-refractivity contribution in [1.29, 1.82) is 0 Å². The van der Waals surface area contributed by atoms with Gasteiger partial charge in [0, 0.05) is 51.4 Å². The number of imide groups is 1. The first-order chi connectivity index (χ1) is 17.2. The minimum atomic E-state index is -0.741. The number of carbonyl (C=O) groups excluding carboxylic acids is 4. The smallest absolute Gasteiger partial charge is 0.255 e. The number of hydrogen-bond donors (Lipinski definition) is 1. The van der Waals surface area contributed by atoms with Crippen LogP contribution in [0.2, 0.25) is 0 Å². The van der Waals surface area contributed by atoms with Gasteiger partial charge in [-0.3, -0.25) is 24.5 Å². The fourth-order valence-electron chi connectivity index (χ4n) is 5.63. The molecule has 2 aromatic rings. The Morgan fingerprint density at radius 2 is 1.78 bits per heavy atom. The molecule has 1 N–H and O–H groups in total. The summed E-state index contributed by atoms with van der Waals surface area (Å²) in [5.74, 6) is -1.73. The van der Waals surface area contributed by atoms with Crippen LogP contribution < -0.4 is 10.2 Å². The molecule has 0 spiro atoms. The predicted octanol–water partition coefficient (Wildman–Crippen LogP) is 2.67. The monoisotopic (exact) mass is 492 g/mol. The third kappa shape index (κ3) is 4.23. The third-order valence-electron chi connectivity index (χ3n) is 7.49. The maximum atomic E-state index is 14.6. The molecule has 9 heteroatoms. The van der Waals surface area contributed by atoms with Crippen LogP contribution >= 0.6 is 0 Å². The third-order valence-corrected chi connectivity index (χ3v) is 7.49. The first-order valence-corrected chi connectivity index (χ1v) is 12.3. The molecule has 3 heterocycles. The Kier molecular flexibility index (Phi) is 6.24. The Labute approximate surface area is 209 Å². The molecule has 0 aliphatic carbocycles. The van der Waals surface area contributed by atoms with Gasteiger partial charge >= 0.3 is 0 Å². The van der Waals surface area contributed by atoms with Crippen molar-refractivity contribution in [2.24, 2.45) is 0 Å². The van der Waals surface area contributed by atoms with E-state index >= 15 is 0 Å². The summed E-state index contributed by atoms with van der Waals surface area (Å²) in [6, 6.07) is 9.50.